The predicted octanol–water partition coefficient (Wildman–Crippen LogP) is 4.26. The van der Waals surface area contributed by atoms with E-state index in [9.17, 15) is 9.18 Å². The van der Waals surface area contributed by atoms with Gasteiger partial charge in [0.2, 0.25) is 0 Å². The molecule has 104 valence electrons. The second-order valence-electron chi connectivity index (χ2n) is 4.73. The van der Waals surface area contributed by atoms with Crippen LogP contribution in [0, 0.1) is 5.82 Å². The molecule has 1 aromatic carbocycles. The zero-order chi connectivity index (χ0) is 13.8. The number of benzene rings is 1. The van der Waals surface area contributed by atoms with Gasteiger partial charge >= 0.3 is 0 Å². The molecule has 1 heterocycles. The Balaban J connectivity index is 2.16. The van der Waals surface area contributed by atoms with Crippen molar-refractivity contribution in [2.75, 3.05) is 11.9 Å². The molecule has 0 bridgehead atoms. The van der Waals surface area contributed by atoms with Crippen molar-refractivity contribution in [2.45, 2.75) is 31.7 Å². The lowest BCUT2D eigenvalue weighted by Gasteiger charge is -2.25. The van der Waals surface area contributed by atoms with Crippen LogP contribution in [-0.4, -0.2) is 28.7 Å². The zero-order valence-electron chi connectivity index (χ0n) is 10.5. The summed E-state index contributed by atoms with van der Waals surface area (Å²) >= 11 is 9.29. The number of alkyl halides is 1. The van der Waals surface area contributed by atoms with Gasteiger partial charge in [0.1, 0.15) is 5.82 Å². The second kappa shape index (κ2) is 6.71. The second-order valence-corrected chi connectivity index (χ2v) is 5.90. The van der Waals surface area contributed by atoms with Gasteiger partial charge in [-0.15, -0.1) is 0 Å². The highest BCUT2D eigenvalue weighted by Gasteiger charge is 2.30. The number of nitrogens with zero attached hydrogens (tertiary/aromatic N) is 1. The van der Waals surface area contributed by atoms with Gasteiger partial charge in [-0.3, -0.25) is 4.79 Å². The average molecular weight is 349 g/mol. The normalized spacial score (nSPS) is 18.9. The number of hydrogen-bond donors (Lipinski definition) is 0. The van der Waals surface area contributed by atoms with E-state index in [4.69, 9.17) is 11.6 Å². The Morgan fingerprint density at radius 2 is 2.32 bits per heavy atom. The lowest BCUT2D eigenvalue weighted by molar-refractivity contribution is 0.0730. The monoisotopic (exact) mass is 347 g/mol. The molecule has 0 aliphatic carbocycles. The van der Waals surface area contributed by atoms with Crippen LogP contribution < -0.4 is 0 Å². The van der Waals surface area contributed by atoms with Crippen molar-refractivity contribution >= 4 is 33.4 Å². The molecule has 0 aromatic heterocycles. The van der Waals surface area contributed by atoms with E-state index in [1.54, 1.807) is 6.07 Å². The number of hydrogen-bond acceptors (Lipinski definition) is 1. The van der Waals surface area contributed by atoms with Crippen molar-refractivity contribution in [1.29, 1.82) is 0 Å². The standard InChI is InChI=1S/C14H16BrClFNO/c15-8-2-4-10-5-3-9-18(10)14(19)11-6-1-7-12(17)13(11)16/h1,6-7,10H,2-5,8-9H2. The van der Waals surface area contributed by atoms with Gasteiger partial charge < -0.3 is 4.90 Å². The van der Waals surface area contributed by atoms with Crippen molar-refractivity contribution in [1.82, 2.24) is 4.90 Å². The van der Waals surface area contributed by atoms with Crippen LogP contribution in [0.1, 0.15) is 36.0 Å². The van der Waals surface area contributed by atoms with E-state index in [0.29, 0.717) is 0 Å². The van der Waals surface area contributed by atoms with E-state index in [1.807, 2.05) is 4.90 Å². The molecule has 0 N–H and O–H groups in total. The van der Waals surface area contributed by atoms with Gasteiger partial charge in [-0.2, -0.15) is 0 Å². The first-order valence-corrected chi connectivity index (χ1v) is 7.96. The molecule has 1 aromatic rings. The highest BCUT2D eigenvalue weighted by Crippen LogP contribution is 2.27. The number of carbonyl (C=O) groups excluding carboxylic acids is 1. The van der Waals surface area contributed by atoms with Crippen LogP contribution in [0.2, 0.25) is 5.02 Å². The quantitative estimate of drug-likeness (QED) is 0.745. The summed E-state index contributed by atoms with van der Waals surface area (Å²) in [6.45, 7) is 0.735. The topological polar surface area (TPSA) is 20.3 Å². The van der Waals surface area contributed by atoms with Crippen LogP contribution in [-0.2, 0) is 0 Å². The van der Waals surface area contributed by atoms with Crippen LogP contribution in [0.15, 0.2) is 18.2 Å². The lowest BCUT2D eigenvalue weighted by atomic mass is 10.1. The van der Waals surface area contributed by atoms with Crippen LogP contribution in [0.3, 0.4) is 0 Å². The molecule has 0 radical (unpaired) electrons. The van der Waals surface area contributed by atoms with E-state index >= 15 is 0 Å². The number of rotatable bonds is 4. The minimum absolute atomic E-state index is 0.0707. The minimum atomic E-state index is -0.538. The van der Waals surface area contributed by atoms with E-state index < -0.39 is 5.82 Å². The number of halogens is 3. The van der Waals surface area contributed by atoms with E-state index in [1.165, 1.54) is 12.1 Å². The summed E-state index contributed by atoms with van der Waals surface area (Å²) in [7, 11) is 0. The highest BCUT2D eigenvalue weighted by molar-refractivity contribution is 9.09. The molecule has 19 heavy (non-hydrogen) atoms. The maximum absolute atomic E-state index is 13.4. The fourth-order valence-corrected chi connectivity index (χ4v) is 3.07. The van der Waals surface area contributed by atoms with Gasteiger partial charge in [0.25, 0.3) is 5.91 Å². The maximum atomic E-state index is 13.4. The summed E-state index contributed by atoms with van der Waals surface area (Å²) in [6.07, 6.45) is 4.03. The third-order valence-electron chi connectivity index (χ3n) is 3.49. The third-order valence-corrected chi connectivity index (χ3v) is 4.44. The van der Waals surface area contributed by atoms with Crippen molar-refractivity contribution in [3.05, 3.63) is 34.6 Å². The molecule has 1 atom stereocenters. The Kier molecular flexibility index (Phi) is 5.22. The Morgan fingerprint density at radius 1 is 1.53 bits per heavy atom. The third kappa shape index (κ3) is 3.29. The molecular weight excluding hydrogens is 333 g/mol. The smallest absolute Gasteiger partial charge is 0.255 e. The highest BCUT2D eigenvalue weighted by atomic mass is 79.9. The Hall–Kier alpha value is -0.610. The summed E-state index contributed by atoms with van der Waals surface area (Å²) in [5.41, 5.74) is 0.271. The predicted molar refractivity (Wildman–Crippen MR) is 78.5 cm³/mol. The molecule has 2 rings (SSSR count). The van der Waals surface area contributed by atoms with E-state index in [-0.39, 0.29) is 22.5 Å². The number of amides is 1. The van der Waals surface area contributed by atoms with Crippen LogP contribution in [0.5, 0.6) is 0 Å². The molecule has 0 spiro atoms. The van der Waals surface area contributed by atoms with Crippen molar-refractivity contribution < 1.29 is 9.18 Å². The molecule has 2 nitrogen and oxygen atoms in total. The summed E-state index contributed by atoms with van der Waals surface area (Å²) in [5.74, 6) is -0.690. The van der Waals surface area contributed by atoms with Gasteiger partial charge in [-0.25, -0.2) is 4.39 Å². The molecule has 1 aliphatic rings. The van der Waals surface area contributed by atoms with Gasteiger partial charge in [-0.1, -0.05) is 33.6 Å². The van der Waals surface area contributed by atoms with E-state index in [0.717, 1.165) is 37.6 Å². The van der Waals surface area contributed by atoms with Gasteiger partial charge in [-0.05, 0) is 37.8 Å². The lowest BCUT2D eigenvalue weighted by Crippen LogP contribution is -2.35. The van der Waals surface area contributed by atoms with Gasteiger partial charge in [0, 0.05) is 17.9 Å². The molecule has 5 heteroatoms. The molecule has 1 aliphatic heterocycles. The van der Waals surface area contributed by atoms with Crippen molar-refractivity contribution in [3.63, 3.8) is 0 Å². The van der Waals surface area contributed by atoms with Gasteiger partial charge in [0.05, 0.1) is 10.6 Å². The number of likely N-dealkylation sites (tertiary alicyclic amines) is 1. The van der Waals surface area contributed by atoms with Crippen LogP contribution in [0.4, 0.5) is 4.39 Å². The summed E-state index contributed by atoms with van der Waals surface area (Å²) in [5, 5.41) is 0.866. The number of carbonyl (C=O) groups is 1. The summed E-state index contributed by atoms with van der Waals surface area (Å²) in [6, 6.07) is 4.64. The molecule has 1 amide bonds. The van der Waals surface area contributed by atoms with Crippen molar-refractivity contribution in [3.8, 4) is 0 Å². The summed E-state index contributed by atoms with van der Waals surface area (Å²) < 4.78 is 13.4. The fourth-order valence-electron chi connectivity index (χ4n) is 2.54. The minimum Gasteiger partial charge on any atom is -0.336 e. The SMILES string of the molecule is O=C(c1cccc(F)c1Cl)N1CCCC1CCCBr. The Bertz CT molecular complexity index is 469. The molecular formula is C14H16BrClFNO. The first kappa shape index (κ1) is 14.8. The first-order valence-electron chi connectivity index (χ1n) is 6.46. The van der Waals surface area contributed by atoms with Crippen molar-refractivity contribution in [2.24, 2.45) is 0 Å². The largest absolute Gasteiger partial charge is 0.336 e. The van der Waals surface area contributed by atoms with Crippen LogP contribution >= 0.6 is 27.5 Å². The summed E-state index contributed by atoms with van der Waals surface area (Å²) in [4.78, 5) is 14.3. The van der Waals surface area contributed by atoms with Crippen LogP contribution in [0.25, 0.3) is 0 Å². The fraction of sp³-hybridized carbons (Fsp3) is 0.500. The van der Waals surface area contributed by atoms with E-state index in [2.05, 4.69) is 15.9 Å². The molecule has 1 unspecified atom stereocenters. The molecule has 1 fully saturated rings. The average Bonchev–Trinajstić information content (AvgIpc) is 2.87. The Morgan fingerprint density at radius 3 is 3.05 bits per heavy atom. The van der Waals surface area contributed by atoms with Gasteiger partial charge in [0.15, 0.2) is 0 Å². The maximum Gasteiger partial charge on any atom is 0.255 e. The first-order chi connectivity index (χ1) is 9.15. The zero-order valence-corrected chi connectivity index (χ0v) is 12.9. The Labute approximate surface area is 126 Å². The molecule has 1 saturated heterocycles. The molecule has 0 saturated carbocycles.